The zero-order valence-electron chi connectivity index (χ0n) is 25.8. The van der Waals surface area contributed by atoms with Crippen LogP contribution in [0.25, 0.3) is 0 Å². The highest BCUT2D eigenvalue weighted by Gasteiger charge is 2.46. The average molecular weight is 637 g/mol. The Morgan fingerprint density at radius 1 is 0.614 bits per heavy atom. The van der Waals surface area contributed by atoms with Crippen molar-refractivity contribution in [1.29, 1.82) is 0 Å². The van der Waals surface area contributed by atoms with Crippen molar-refractivity contribution in [2.24, 2.45) is 5.92 Å². The summed E-state index contributed by atoms with van der Waals surface area (Å²) in [6, 6.07) is 0. The highest BCUT2D eigenvalue weighted by Crippen LogP contribution is 2.29. The normalized spacial score (nSPS) is 32.8. The molecule has 258 valence electrons. The molecule has 2 aliphatic rings. The Morgan fingerprint density at radius 3 is 1.75 bits per heavy atom. The number of aliphatic hydroxyl groups excluding tert-OH is 7. The monoisotopic (exact) mass is 636 g/mol. The molecule has 10 atom stereocenters. The van der Waals surface area contributed by atoms with E-state index in [1.165, 1.54) is 0 Å². The summed E-state index contributed by atoms with van der Waals surface area (Å²) in [5, 5.41) is 78.7. The molecule has 2 heterocycles. The van der Waals surface area contributed by atoms with Gasteiger partial charge in [0.2, 0.25) is 0 Å². The molecule has 0 radical (unpaired) electrons. The van der Waals surface area contributed by atoms with E-state index in [9.17, 15) is 40.5 Å². The van der Waals surface area contributed by atoms with Gasteiger partial charge in [0.25, 0.3) is 0 Å². The molecule has 0 aromatic carbocycles. The number of rotatable bonds is 23. The molecule has 44 heavy (non-hydrogen) atoms. The molecule has 0 saturated carbocycles. The quantitative estimate of drug-likeness (QED) is 0.0571. The minimum atomic E-state index is -1.53. The molecule has 0 spiro atoms. The summed E-state index contributed by atoms with van der Waals surface area (Å²) in [5.74, 6) is -1.53. The molecule has 8 N–H and O–H groups in total. The molecule has 2 fully saturated rings. The number of carboxylic acids is 1. The van der Waals surface area contributed by atoms with E-state index in [1.807, 2.05) is 0 Å². The topological polar surface area (TPSA) is 216 Å². The molecule has 13 heteroatoms. The van der Waals surface area contributed by atoms with Crippen molar-refractivity contribution in [3.63, 3.8) is 0 Å². The smallest absolute Gasteiger partial charge is 0.303 e. The average Bonchev–Trinajstić information content (AvgIpc) is 3.01. The van der Waals surface area contributed by atoms with E-state index in [2.05, 4.69) is 12.2 Å². The van der Waals surface area contributed by atoms with Crippen LogP contribution in [-0.2, 0) is 23.7 Å². The molecule has 0 amide bonds. The van der Waals surface area contributed by atoms with Crippen molar-refractivity contribution in [3.8, 4) is 0 Å². The molecule has 0 bridgehead atoms. The molecular weight excluding hydrogens is 580 g/mol. The number of hydrogen-bond donors (Lipinski definition) is 8. The van der Waals surface area contributed by atoms with Gasteiger partial charge in [-0.25, -0.2) is 0 Å². The van der Waals surface area contributed by atoms with Gasteiger partial charge in [-0.3, -0.25) is 4.79 Å². The predicted octanol–water partition coefficient (Wildman–Crippen LogP) is 0.629. The summed E-state index contributed by atoms with van der Waals surface area (Å²) in [6.45, 7) is -1.07. The van der Waals surface area contributed by atoms with Crippen molar-refractivity contribution < 1.29 is 64.6 Å². The molecular formula is C31H56O13. The Morgan fingerprint density at radius 2 is 1.14 bits per heavy atom. The molecule has 0 aromatic heterocycles. The van der Waals surface area contributed by atoms with E-state index in [4.69, 9.17) is 24.1 Å². The van der Waals surface area contributed by atoms with Gasteiger partial charge in [0.1, 0.15) is 42.7 Å². The predicted molar refractivity (Wildman–Crippen MR) is 159 cm³/mol. The largest absolute Gasteiger partial charge is 0.481 e. The highest BCUT2D eigenvalue weighted by atomic mass is 16.7. The van der Waals surface area contributed by atoms with Crippen LogP contribution in [0.1, 0.15) is 83.5 Å². The standard InChI is InChI=1S/C31H56O13/c32-17-22-28(38)30(40)29(39)24(43-22)20-41-19-21-26(36)27(37)23(18-33)44-31(21)42-16-14-12-10-8-6-4-2-1-3-5-7-9-11-13-15-25(34)35/h1-2,21-24,26-33,36-40H,3-20H2,(H,34,35)/b2-1+/t21-,22-,23-,24+,26-,27-,28-,29+,30+,31-/m1/s1. The number of ether oxygens (including phenoxy) is 4. The zero-order valence-corrected chi connectivity index (χ0v) is 25.8. The Labute approximate surface area is 260 Å². The summed E-state index contributed by atoms with van der Waals surface area (Å²) < 4.78 is 22.7. The number of carboxylic acid groups (broad SMARTS) is 1. The molecule has 2 rings (SSSR count). The Bertz CT molecular complexity index is 782. The maximum Gasteiger partial charge on any atom is 0.303 e. The molecule has 0 aromatic rings. The second-order valence-corrected chi connectivity index (χ2v) is 11.9. The van der Waals surface area contributed by atoms with E-state index >= 15 is 0 Å². The fourth-order valence-corrected chi connectivity index (χ4v) is 5.51. The van der Waals surface area contributed by atoms with E-state index in [1.54, 1.807) is 0 Å². The van der Waals surface area contributed by atoms with Crippen LogP contribution in [0.4, 0.5) is 0 Å². The van der Waals surface area contributed by atoms with Crippen molar-refractivity contribution in [2.75, 3.05) is 33.0 Å². The van der Waals surface area contributed by atoms with E-state index in [0.717, 1.165) is 77.0 Å². The molecule has 2 aliphatic heterocycles. The van der Waals surface area contributed by atoms with Gasteiger partial charge in [0, 0.05) is 13.0 Å². The summed E-state index contributed by atoms with van der Waals surface area (Å²) in [7, 11) is 0. The second-order valence-electron chi connectivity index (χ2n) is 11.9. The van der Waals surface area contributed by atoms with Gasteiger partial charge in [0.05, 0.1) is 38.4 Å². The Hall–Kier alpha value is -1.23. The van der Waals surface area contributed by atoms with Crippen LogP contribution in [0.2, 0.25) is 0 Å². The van der Waals surface area contributed by atoms with Crippen LogP contribution < -0.4 is 0 Å². The minimum absolute atomic E-state index is 0.142. The first-order valence-corrected chi connectivity index (χ1v) is 16.2. The van der Waals surface area contributed by atoms with Gasteiger partial charge in [-0.05, 0) is 38.5 Å². The van der Waals surface area contributed by atoms with Crippen molar-refractivity contribution in [1.82, 2.24) is 0 Å². The lowest BCUT2D eigenvalue weighted by Gasteiger charge is -2.42. The fourth-order valence-electron chi connectivity index (χ4n) is 5.51. The lowest BCUT2D eigenvalue weighted by Crippen LogP contribution is -2.60. The first-order valence-electron chi connectivity index (χ1n) is 16.2. The first kappa shape index (κ1) is 39.0. The van der Waals surface area contributed by atoms with Crippen LogP contribution in [0.5, 0.6) is 0 Å². The Balaban J connectivity index is 1.62. The number of aliphatic hydroxyl groups is 7. The third kappa shape index (κ3) is 13.6. The summed E-state index contributed by atoms with van der Waals surface area (Å²) in [6.07, 6.45) is 5.69. The third-order valence-electron chi connectivity index (χ3n) is 8.32. The van der Waals surface area contributed by atoms with Crippen LogP contribution >= 0.6 is 0 Å². The summed E-state index contributed by atoms with van der Waals surface area (Å²) in [5.41, 5.74) is 0. The molecule has 0 aliphatic carbocycles. The SMILES string of the molecule is O=C(O)CCCCCCC/C=C/CCCCCCCO[C@@H]1O[C@H](CO)[C@@H](O)[C@H](O)[C@H]1COC[C@@H]1O[C@H](CO)[C@@H](O)[C@H](O)[C@H]1O. The van der Waals surface area contributed by atoms with Crippen LogP contribution in [-0.4, -0.2) is 135 Å². The zero-order chi connectivity index (χ0) is 32.3. The second kappa shape index (κ2) is 22.3. The number of unbranched alkanes of at least 4 members (excludes halogenated alkanes) is 10. The molecule has 2 saturated heterocycles. The third-order valence-corrected chi connectivity index (χ3v) is 8.32. The lowest BCUT2D eigenvalue weighted by atomic mass is 9.91. The van der Waals surface area contributed by atoms with E-state index in [-0.39, 0.29) is 19.6 Å². The summed E-state index contributed by atoms with van der Waals surface area (Å²) >= 11 is 0. The highest BCUT2D eigenvalue weighted by molar-refractivity contribution is 5.66. The number of allylic oxidation sites excluding steroid dienone is 2. The number of hydrogen-bond acceptors (Lipinski definition) is 12. The van der Waals surface area contributed by atoms with Gasteiger partial charge >= 0.3 is 5.97 Å². The maximum atomic E-state index is 10.7. The van der Waals surface area contributed by atoms with Gasteiger partial charge in [-0.2, -0.15) is 0 Å². The van der Waals surface area contributed by atoms with Gasteiger partial charge < -0.3 is 59.8 Å². The van der Waals surface area contributed by atoms with Gasteiger partial charge in [0.15, 0.2) is 6.29 Å². The van der Waals surface area contributed by atoms with Crippen LogP contribution in [0.15, 0.2) is 12.2 Å². The minimum Gasteiger partial charge on any atom is -0.481 e. The molecule has 13 nitrogen and oxygen atoms in total. The Kier molecular flexibility index (Phi) is 19.8. The van der Waals surface area contributed by atoms with Crippen LogP contribution in [0.3, 0.4) is 0 Å². The summed E-state index contributed by atoms with van der Waals surface area (Å²) in [4.78, 5) is 10.5. The fraction of sp³-hybridized carbons (Fsp3) is 0.903. The van der Waals surface area contributed by atoms with Gasteiger partial charge in [-0.1, -0.05) is 50.7 Å². The number of aliphatic carboxylic acids is 1. The van der Waals surface area contributed by atoms with E-state index < -0.39 is 80.2 Å². The van der Waals surface area contributed by atoms with Crippen molar-refractivity contribution in [3.05, 3.63) is 12.2 Å². The lowest BCUT2D eigenvalue weighted by molar-refractivity contribution is -0.295. The van der Waals surface area contributed by atoms with E-state index in [0.29, 0.717) is 6.61 Å². The van der Waals surface area contributed by atoms with Crippen molar-refractivity contribution in [2.45, 2.75) is 139 Å². The van der Waals surface area contributed by atoms with Crippen molar-refractivity contribution >= 4 is 5.97 Å². The number of carbonyl (C=O) groups is 1. The van der Waals surface area contributed by atoms with Crippen LogP contribution in [0, 0.1) is 5.92 Å². The first-order chi connectivity index (χ1) is 21.2. The molecule has 0 unspecified atom stereocenters. The maximum absolute atomic E-state index is 10.7. The van der Waals surface area contributed by atoms with Gasteiger partial charge in [-0.15, -0.1) is 0 Å².